The predicted molar refractivity (Wildman–Crippen MR) is 148 cm³/mol. The molecule has 15 heteroatoms. The van der Waals surface area contributed by atoms with E-state index in [1.807, 2.05) is 0 Å². The molecule has 0 bridgehead atoms. The second kappa shape index (κ2) is 19.5. The summed E-state index contributed by atoms with van der Waals surface area (Å²) < 4.78 is 53.7. The van der Waals surface area contributed by atoms with Crippen molar-refractivity contribution in [1.82, 2.24) is 4.90 Å². The van der Waals surface area contributed by atoms with E-state index in [-0.39, 0.29) is 70.6 Å². The van der Waals surface area contributed by atoms with Gasteiger partial charge >= 0.3 is 26.0 Å². The summed E-state index contributed by atoms with van der Waals surface area (Å²) in [5.74, 6) is -0.805. The van der Waals surface area contributed by atoms with E-state index in [9.17, 15) is 18.9 Å². The van der Waals surface area contributed by atoms with Gasteiger partial charge in [-0.05, 0) is 58.3 Å². The van der Waals surface area contributed by atoms with Crippen LogP contribution < -0.4 is 5.73 Å². The topological polar surface area (TPSA) is 175 Å². The molecule has 0 spiro atoms. The van der Waals surface area contributed by atoms with E-state index >= 15 is 0 Å². The third-order valence-corrected chi connectivity index (χ3v) is 7.91. The molecule has 14 nitrogen and oxygen atoms in total. The molecule has 0 aromatic carbocycles. The van der Waals surface area contributed by atoms with Gasteiger partial charge in [0.25, 0.3) is 0 Å². The lowest BCUT2D eigenvalue weighted by molar-refractivity contribution is -0.143. The van der Waals surface area contributed by atoms with Crippen molar-refractivity contribution in [3.05, 3.63) is 0 Å². The van der Waals surface area contributed by atoms with Crippen molar-refractivity contribution in [3.8, 4) is 0 Å². The van der Waals surface area contributed by atoms with Gasteiger partial charge in [-0.15, -0.1) is 4.76 Å². The normalized spacial score (nSPS) is 17.0. The zero-order chi connectivity index (χ0) is 29.9. The number of likely N-dealkylation sites (N-methyl/N-ethyl adjacent to an activating group) is 1. The molecule has 2 rings (SSSR count). The smallest absolute Gasteiger partial charge is 0.465 e. The molecule has 0 amide bonds. The molecule has 0 unspecified atom stereocenters. The molecule has 0 aromatic heterocycles. The summed E-state index contributed by atoms with van der Waals surface area (Å²) in [4.78, 5) is 36.8. The minimum absolute atomic E-state index is 0.0234. The highest BCUT2D eigenvalue weighted by Gasteiger charge is 2.27. The van der Waals surface area contributed by atoms with Gasteiger partial charge in [0.15, 0.2) is 0 Å². The molecule has 2 aliphatic carbocycles. The van der Waals surface area contributed by atoms with E-state index in [0.717, 1.165) is 64.2 Å². The molecule has 0 atom stereocenters. The average Bonchev–Trinajstić information content (AvgIpc) is 2.94. The molecule has 0 aromatic rings. The van der Waals surface area contributed by atoms with Crippen molar-refractivity contribution in [2.45, 2.75) is 96.2 Å². The average molecular weight is 608 g/mol. The third kappa shape index (κ3) is 15.3. The first-order valence-corrected chi connectivity index (χ1v) is 16.0. The van der Waals surface area contributed by atoms with Crippen molar-refractivity contribution in [2.24, 2.45) is 10.5 Å². The quantitative estimate of drug-likeness (QED) is 0.0639. The largest absolute Gasteiger partial charge is 0.508 e. The lowest BCUT2D eigenvalue weighted by atomic mass is 9.98. The Balaban J connectivity index is 1.80. The fourth-order valence-electron chi connectivity index (χ4n) is 4.27. The summed E-state index contributed by atoms with van der Waals surface area (Å²) in [6.07, 6.45) is 8.33. The van der Waals surface area contributed by atoms with E-state index < -0.39 is 26.0 Å². The van der Waals surface area contributed by atoms with E-state index in [4.69, 9.17) is 38.5 Å². The first-order chi connectivity index (χ1) is 19.7. The number of guanidine groups is 1. The van der Waals surface area contributed by atoms with E-state index in [1.165, 1.54) is 11.9 Å². The van der Waals surface area contributed by atoms with Gasteiger partial charge in [0.2, 0.25) is 5.96 Å². The number of esters is 1. The predicted octanol–water partition coefficient (Wildman–Crippen LogP) is 4.69. The van der Waals surface area contributed by atoms with Gasteiger partial charge in [-0.1, -0.05) is 12.8 Å². The van der Waals surface area contributed by atoms with Crippen molar-refractivity contribution >= 4 is 32.0 Å². The maximum absolute atomic E-state index is 13.3. The summed E-state index contributed by atoms with van der Waals surface area (Å²) in [7, 11) is -2.68. The number of hydrogen-bond acceptors (Lipinski definition) is 11. The van der Waals surface area contributed by atoms with Crippen LogP contribution in [0.2, 0.25) is 0 Å². The number of rotatable bonds is 16. The Bertz CT molecular complexity index is 831. The first kappa shape index (κ1) is 34.6. The molecule has 0 aliphatic heterocycles. The van der Waals surface area contributed by atoms with Gasteiger partial charge in [0, 0.05) is 19.9 Å². The van der Waals surface area contributed by atoms with Crippen molar-refractivity contribution in [2.75, 3.05) is 46.6 Å². The Hall–Kier alpha value is -2.57. The van der Waals surface area contributed by atoms with Gasteiger partial charge in [-0.25, -0.2) is 14.2 Å². The highest BCUT2D eigenvalue weighted by atomic mass is 31.2. The Morgan fingerprint density at radius 1 is 0.780 bits per heavy atom. The highest BCUT2D eigenvalue weighted by Crippen LogP contribution is 2.50. The molecule has 2 aliphatic rings. The van der Waals surface area contributed by atoms with Crippen LogP contribution in [0.1, 0.15) is 84.0 Å². The minimum atomic E-state index is -4.15. The standard InChI is InChI=1S/C26H46N3O11P/c1-3-34-23(30)20-29(2)24(27)28-41(33,37-18-10-16-35-25(31)39-21-12-6-4-7-13-21)38-19-11-17-36-26(32)40-22-14-8-5-9-15-22/h21-22H,3-20H2,1-2H3,(H2,27,28,33). The van der Waals surface area contributed by atoms with Crippen LogP contribution >= 0.6 is 7.75 Å². The van der Waals surface area contributed by atoms with Gasteiger partial charge in [-0.2, -0.15) is 0 Å². The van der Waals surface area contributed by atoms with Crippen molar-refractivity contribution in [1.29, 1.82) is 0 Å². The van der Waals surface area contributed by atoms with Crippen LogP contribution in [0.4, 0.5) is 9.59 Å². The SMILES string of the molecule is CCOC(=O)CN(C)/C(N)=N/P(=O)(OCCCOC(=O)OC1CCCCC1)OCCCOC(=O)OC1CCCCC1. The van der Waals surface area contributed by atoms with Crippen molar-refractivity contribution < 1.29 is 51.7 Å². The van der Waals surface area contributed by atoms with Crippen LogP contribution in [-0.4, -0.2) is 88.0 Å². The zero-order valence-corrected chi connectivity index (χ0v) is 25.2. The lowest BCUT2D eigenvalue weighted by Crippen LogP contribution is -2.38. The number of carbonyl (C=O) groups excluding carboxylic acids is 3. The Morgan fingerprint density at radius 3 is 1.68 bits per heavy atom. The van der Waals surface area contributed by atoms with Gasteiger partial charge in [0.05, 0.1) is 33.0 Å². The molecule has 0 radical (unpaired) electrons. The molecule has 2 saturated carbocycles. The Morgan fingerprint density at radius 2 is 1.24 bits per heavy atom. The third-order valence-electron chi connectivity index (χ3n) is 6.44. The van der Waals surface area contributed by atoms with Crippen LogP contribution in [0.5, 0.6) is 0 Å². The van der Waals surface area contributed by atoms with Crippen molar-refractivity contribution in [3.63, 3.8) is 0 Å². The van der Waals surface area contributed by atoms with Crippen LogP contribution in [-0.2, 0) is 42.1 Å². The molecule has 41 heavy (non-hydrogen) atoms. The van der Waals surface area contributed by atoms with Crippen LogP contribution in [0, 0.1) is 0 Å². The number of ether oxygens (including phenoxy) is 5. The van der Waals surface area contributed by atoms with Crippen LogP contribution in [0.25, 0.3) is 0 Å². The Labute approximate surface area is 242 Å². The highest BCUT2D eigenvalue weighted by molar-refractivity contribution is 7.52. The molecule has 0 saturated heterocycles. The van der Waals surface area contributed by atoms with Crippen LogP contribution in [0.15, 0.2) is 4.76 Å². The Kier molecular flexibility index (Phi) is 16.5. The number of nitrogens with two attached hydrogens (primary N) is 1. The summed E-state index contributed by atoms with van der Waals surface area (Å²) >= 11 is 0. The lowest BCUT2D eigenvalue weighted by Gasteiger charge is -2.21. The fourth-order valence-corrected chi connectivity index (χ4v) is 5.59. The molecular formula is C26H46N3O11P. The molecule has 0 heterocycles. The van der Waals surface area contributed by atoms with Gasteiger partial charge in [0.1, 0.15) is 18.8 Å². The minimum Gasteiger partial charge on any atom is -0.465 e. The number of nitrogens with zero attached hydrogens (tertiary/aromatic N) is 2. The zero-order valence-electron chi connectivity index (χ0n) is 24.3. The first-order valence-electron chi connectivity index (χ1n) is 14.5. The summed E-state index contributed by atoms with van der Waals surface area (Å²) in [6.45, 7) is 1.34. The summed E-state index contributed by atoms with van der Waals surface area (Å²) in [5, 5.41) is 0. The maximum Gasteiger partial charge on any atom is 0.508 e. The fraction of sp³-hybridized carbons (Fsp3) is 0.846. The monoisotopic (exact) mass is 607 g/mol. The van der Waals surface area contributed by atoms with Gasteiger partial charge in [-0.3, -0.25) is 13.8 Å². The number of hydrogen-bond donors (Lipinski definition) is 1. The molecule has 2 N–H and O–H groups in total. The second-order valence-corrected chi connectivity index (χ2v) is 11.6. The molecule has 236 valence electrons. The summed E-state index contributed by atoms with van der Waals surface area (Å²) in [6, 6.07) is 0. The maximum atomic E-state index is 13.3. The van der Waals surface area contributed by atoms with E-state index in [1.54, 1.807) is 6.92 Å². The molecular weight excluding hydrogens is 561 g/mol. The molecule has 2 fully saturated rings. The van der Waals surface area contributed by atoms with Crippen LogP contribution in [0.3, 0.4) is 0 Å². The van der Waals surface area contributed by atoms with E-state index in [2.05, 4.69) is 4.76 Å². The van der Waals surface area contributed by atoms with E-state index in [0.29, 0.717) is 0 Å². The second-order valence-electron chi connectivity index (χ2n) is 9.91. The number of carbonyl (C=O) groups is 3. The summed E-state index contributed by atoms with van der Waals surface area (Å²) in [5.41, 5.74) is 5.93. The van der Waals surface area contributed by atoms with Gasteiger partial charge < -0.3 is 34.3 Å².